The molecule has 2 heterocycles. The van der Waals surface area contributed by atoms with Crippen molar-refractivity contribution in [1.29, 1.82) is 0 Å². The Hall–Kier alpha value is -4.55. The zero-order valence-corrected chi connectivity index (χ0v) is 30.4. The number of halogens is 1. The van der Waals surface area contributed by atoms with Crippen LogP contribution in [0.25, 0.3) is 0 Å². The summed E-state index contributed by atoms with van der Waals surface area (Å²) in [6.07, 6.45) is 7.88. The lowest BCUT2D eigenvalue weighted by Gasteiger charge is -2.18. The number of aromatic nitrogens is 4. The van der Waals surface area contributed by atoms with Crippen molar-refractivity contribution in [3.63, 3.8) is 0 Å². The van der Waals surface area contributed by atoms with Crippen molar-refractivity contribution in [3.8, 4) is 34.5 Å². The molecule has 2 saturated carbocycles. The molecule has 2 aromatic carbocycles. The summed E-state index contributed by atoms with van der Waals surface area (Å²) in [5, 5.41) is 3.52. The number of benzene rings is 2. The van der Waals surface area contributed by atoms with Gasteiger partial charge in [-0.25, -0.2) is 9.97 Å². The molecule has 264 valence electrons. The molecule has 0 aliphatic heterocycles. The minimum atomic E-state index is 0.109. The van der Waals surface area contributed by atoms with Crippen molar-refractivity contribution in [2.45, 2.75) is 91.1 Å². The molecule has 0 bridgehead atoms. The van der Waals surface area contributed by atoms with Gasteiger partial charge >= 0.3 is 0 Å². The predicted molar refractivity (Wildman–Crippen MR) is 196 cm³/mol. The number of aryl methyl sites for hydroxylation is 2. The highest BCUT2D eigenvalue weighted by atomic mass is 35.5. The minimum Gasteiger partial charge on any atom is -0.496 e. The highest BCUT2D eigenvalue weighted by Crippen LogP contribution is 2.39. The summed E-state index contributed by atoms with van der Waals surface area (Å²) in [7, 11) is 3.29. The molecule has 6 rings (SSSR count). The molecule has 4 aromatic rings. The Morgan fingerprint density at radius 1 is 0.694 bits per heavy atom. The Bertz CT molecular complexity index is 1730. The summed E-state index contributed by atoms with van der Waals surface area (Å²) in [6.45, 7) is 12.5. The maximum absolute atomic E-state index is 6.16. The van der Waals surface area contributed by atoms with E-state index in [9.17, 15) is 0 Å². The maximum atomic E-state index is 6.16. The number of nitrogens with two attached hydrogens (primary N) is 3. The molecule has 0 amide bonds. The lowest BCUT2D eigenvalue weighted by Crippen LogP contribution is -2.08. The summed E-state index contributed by atoms with van der Waals surface area (Å²) >= 11 is 6.03. The van der Waals surface area contributed by atoms with Gasteiger partial charge in [0.2, 0.25) is 11.9 Å². The lowest BCUT2D eigenvalue weighted by atomic mass is 9.99. The highest BCUT2D eigenvalue weighted by molar-refractivity contribution is 6.30. The molecular weight excluding hydrogens is 644 g/mol. The van der Waals surface area contributed by atoms with Gasteiger partial charge in [-0.05, 0) is 85.8 Å². The third-order valence-electron chi connectivity index (χ3n) is 7.78. The molecule has 2 aromatic heterocycles. The van der Waals surface area contributed by atoms with E-state index in [1.165, 1.54) is 19.0 Å². The number of hydrogen-bond donors (Lipinski definition) is 4. The highest BCUT2D eigenvalue weighted by Gasteiger charge is 2.24. The van der Waals surface area contributed by atoms with Crippen molar-refractivity contribution in [1.82, 2.24) is 19.9 Å². The molecule has 2 aliphatic carbocycles. The van der Waals surface area contributed by atoms with Gasteiger partial charge in [0.05, 0.1) is 26.6 Å². The molecule has 0 spiro atoms. The van der Waals surface area contributed by atoms with Gasteiger partial charge in [0, 0.05) is 24.2 Å². The van der Waals surface area contributed by atoms with E-state index in [2.05, 4.69) is 59.0 Å². The van der Waals surface area contributed by atoms with Gasteiger partial charge in [-0.3, -0.25) is 0 Å². The van der Waals surface area contributed by atoms with Gasteiger partial charge in [-0.1, -0.05) is 39.3 Å². The first-order valence-electron chi connectivity index (χ1n) is 16.4. The van der Waals surface area contributed by atoms with Gasteiger partial charge in [-0.15, -0.1) is 0 Å². The molecule has 0 saturated heterocycles. The zero-order chi connectivity index (χ0) is 35.8. The van der Waals surface area contributed by atoms with E-state index in [0.29, 0.717) is 41.1 Å². The largest absolute Gasteiger partial charge is 0.496 e. The van der Waals surface area contributed by atoms with Crippen LogP contribution in [0.4, 0.5) is 17.7 Å². The van der Waals surface area contributed by atoms with Crippen molar-refractivity contribution in [2.24, 2.45) is 5.73 Å². The second-order valence-electron chi connectivity index (χ2n) is 12.8. The summed E-state index contributed by atoms with van der Waals surface area (Å²) in [6, 6.07) is 8.94. The Labute approximate surface area is 294 Å². The average molecular weight is 693 g/mol. The van der Waals surface area contributed by atoms with Crippen LogP contribution in [0.15, 0.2) is 36.7 Å². The van der Waals surface area contributed by atoms with Crippen LogP contribution in [0.2, 0.25) is 5.15 Å². The predicted octanol–water partition coefficient (Wildman–Crippen LogP) is 7.92. The number of hydrogen-bond acceptors (Lipinski definition) is 12. The SMILES string of the molecule is COc1cc(Oc2cnc(N)nc2Cl)c(C(C)C)cc1C.COc1cc(Oc2cnc(N)nc2NC2CC2)c(C(C)C)cc1C.NC1CC1. The van der Waals surface area contributed by atoms with E-state index in [4.69, 9.17) is 47.7 Å². The fourth-order valence-corrected chi connectivity index (χ4v) is 4.82. The van der Waals surface area contributed by atoms with Crippen molar-refractivity contribution in [2.75, 3.05) is 31.0 Å². The van der Waals surface area contributed by atoms with E-state index < -0.39 is 0 Å². The van der Waals surface area contributed by atoms with E-state index in [0.717, 1.165) is 52.3 Å². The van der Waals surface area contributed by atoms with Gasteiger partial charge < -0.3 is 41.5 Å². The van der Waals surface area contributed by atoms with Crippen molar-refractivity contribution in [3.05, 3.63) is 64.1 Å². The molecular formula is C36H49ClN8O4. The Morgan fingerprint density at radius 3 is 1.55 bits per heavy atom. The van der Waals surface area contributed by atoms with Crippen LogP contribution in [-0.2, 0) is 0 Å². The molecule has 2 aliphatic rings. The standard InChI is InChI=1S/C18H24N4O2.C15H18ClN3O2.C3H7N/c1-10(2)13-7-11(3)14(23-4)8-15(13)24-16-9-20-18(19)22-17(16)21-12-5-6-12;1-8(2)10-5-9(3)11(20-4)6-12(10)21-13-7-18-15(17)19-14(13)16;4-3-1-2-3/h7-10,12H,5-6H2,1-4H3,(H3,19,20,21,22);5-8H,1-4H3,(H2,17,18,19);3H,1-2,4H2. The number of nitrogens with one attached hydrogen (secondary N) is 1. The number of nitrogen functional groups attached to an aromatic ring is 2. The van der Waals surface area contributed by atoms with Gasteiger partial charge in [0.1, 0.15) is 23.0 Å². The second kappa shape index (κ2) is 16.7. The van der Waals surface area contributed by atoms with E-state index in [-0.39, 0.29) is 23.0 Å². The molecule has 12 nitrogen and oxygen atoms in total. The Kier molecular flexibility index (Phi) is 12.7. The molecule has 0 unspecified atom stereocenters. The average Bonchev–Trinajstić information content (AvgIpc) is 4.00. The summed E-state index contributed by atoms with van der Waals surface area (Å²) < 4.78 is 22.8. The third kappa shape index (κ3) is 10.7. The molecule has 2 fully saturated rings. The monoisotopic (exact) mass is 692 g/mol. The molecule has 49 heavy (non-hydrogen) atoms. The van der Waals surface area contributed by atoms with Crippen molar-refractivity contribution >= 4 is 29.3 Å². The van der Waals surface area contributed by atoms with Crippen LogP contribution in [0.3, 0.4) is 0 Å². The molecule has 0 radical (unpaired) electrons. The van der Waals surface area contributed by atoms with Gasteiger partial charge in [0.15, 0.2) is 22.5 Å². The van der Waals surface area contributed by atoms with E-state index in [1.54, 1.807) is 20.4 Å². The molecule has 13 heteroatoms. The number of methoxy groups -OCH3 is 2. The fourth-order valence-electron chi connectivity index (χ4n) is 4.65. The first-order chi connectivity index (χ1) is 23.3. The van der Waals surface area contributed by atoms with E-state index >= 15 is 0 Å². The zero-order valence-electron chi connectivity index (χ0n) is 29.6. The molecule has 7 N–H and O–H groups in total. The van der Waals surface area contributed by atoms with Gasteiger partial charge in [0.25, 0.3) is 0 Å². The smallest absolute Gasteiger partial charge is 0.222 e. The summed E-state index contributed by atoms with van der Waals surface area (Å²) in [5.41, 5.74) is 20.7. The first kappa shape index (κ1) is 37.3. The second-order valence-corrected chi connectivity index (χ2v) is 13.2. The normalized spacial score (nSPS) is 13.6. The lowest BCUT2D eigenvalue weighted by molar-refractivity contribution is 0.404. The molecule has 0 atom stereocenters. The summed E-state index contributed by atoms with van der Waals surface area (Å²) in [5.74, 6) is 5.49. The number of ether oxygens (including phenoxy) is 4. The fraction of sp³-hybridized carbons (Fsp3) is 0.444. The number of anilines is 3. The quantitative estimate of drug-likeness (QED) is 0.118. The van der Waals surface area contributed by atoms with Crippen LogP contribution in [0.1, 0.15) is 87.5 Å². The van der Waals surface area contributed by atoms with Crippen LogP contribution in [-0.4, -0.2) is 46.2 Å². The maximum Gasteiger partial charge on any atom is 0.222 e. The van der Waals surface area contributed by atoms with E-state index in [1.807, 2.05) is 32.0 Å². The van der Waals surface area contributed by atoms with Crippen LogP contribution in [0.5, 0.6) is 34.5 Å². The first-order valence-corrected chi connectivity index (χ1v) is 16.8. The topological polar surface area (TPSA) is 179 Å². The van der Waals surface area contributed by atoms with Crippen LogP contribution < -0.4 is 41.5 Å². The minimum absolute atomic E-state index is 0.109. The number of rotatable bonds is 10. The van der Waals surface area contributed by atoms with Crippen LogP contribution in [0, 0.1) is 13.8 Å². The Morgan fingerprint density at radius 2 is 1.14 bits per heavy atom. The Balaban J connectivity index is 0.000000199. The number of nitrogens with zero attached hydrogens (tertiary/aromatic N) is 4. The van der Waals surface area contributed by atoms with Crippen molar-refractivity contribution < 1.29 is 18.9 Å². The van der Waals surface area contributed by atoms with Crippen LogP contribution >= 0.6 is 11.6 Å². The third-order valence-corrected chi connectivity index (χ3v) is 8.05. The summed E-state index contributed by atoms with van der Waals surface area (Å²) in [4.78, 5) is 16.1. The van der Waals surface area contributed by atoms with Gasteiger partial charge in [-0.2, -0.15) is 9.97 Å².